The molecule has 0 atom stereocenters. The van der Waals surface area contributed by atoms with Gasteiger partial charge in [0.25, 0.3) is 0 Å². The number of carbonyl (C=O) groups is 2. The second-order valence-corrected chi connectivity index (χ2v) is 5.79. The molecule has 0 unspecified atom stereocenters. The van der Waals surface area contributed by atoms with E-state index in [-0.39, 0.29) is 23.8 Å². The predicted molar refractivity (Wildman–Crippen MR) is 75.7 cm³/mol. The van der Waals surface area contributed by atoms with Gasteiger partial charge in [0.2, 0.25) is 5.91 Å². The number of aromatic hydroxyl groups is 1. The molecule has 5 nitrogen and oxygen atoms in total. The fourth-order valence-electron chi connectivity index (χ4n) is 2.52. The summed E-state index contributed by atoms with van der Waals surface area (Å²) in [7, 11) is 1.72. The van der Waals surface area contributed by atoms with Crippen molar-refractivity contribution in [3.63, 3.8) is 0 Å². The summed E-state index contributed by atoms with van der Waals surface area (Å²) in [5.41, 5.74) is -0.858. The van der Waals surface area contributed by atoms with Crippen LogP contribution in [0.4, 0.5) is 4.39 Å². The van der Waals surface area contributed by atoms with E-state index in [1.807, 2.05) is 0 Å². The minimum Gasteiger partial charge on any atom is -0.507 e. The third-order valence-corrected chi connectivity index (χ3v) is 3.96. The summed E-state index contributed by atoms with van der Waals surface area (Å²) < 4.78 is 13.2. The van der Waals surface area contributed by atoms with E-state index in [2.05, 4.69) is 0 Å². The second-order valence-electron chi connectivity index (χ2n) is 5.79. The van der Waals surface area contributed by atoms with E-state index in [1.165, 1.54) is 0 Å². The number of hydrogen-bond donors (Lipinski definition) is 1. The number of amides is 1. The standard InChI is InChI=1S/C15H19FN2O3/c1-15(2)14(21)17(3)6-7-18(15)9-13(20)11-8-10(16)4-5-12(11)19/h4-5,8,19H,6-7,9H2,1-3H3. The van der Waals surface area contributed by atoms with Crippen LogP contribution >= 0.6 is 0 Å². The van der Waals surface area contributed by atoms with Gasteiger partial charge in [-0.1, -0.05) is 0 Å². The highest BCUT2D eigenvalue weighted by Crippen LogP contribution is 2.24. The van der Waals surface area contributed by atoms with Gasteiger partial charge < -0.3 is 10.0 Å². The number of rotatable bonds is 3. The van der Waals surface area contributed by atoms with Crippen LogP contribution in [0.3, 0.4) is 0 Å². The molecular formula is C15H19FN2O3. The van der Waals surface area contributed by atoms with E-state index in [4.69, 9.17) is 0 Å². The number of halogens is 1. The molecule has 1 aromatic carbocycles. The van der Waals surface area contributed by atoms with Gasteiger partial charge in [-0.15, -0.1) is 0 Å². The molecule has 1 aromatic rings. The first-order chi connectivity index (χ1) is 9.73. The molecule has 0 radical (unpaired) electrons. The summed E-state index contributed by atoms with van der Waals surface area (Å²) in [5, 5.41) is 9.68. The largest absolute Gasteiger partial charge is 0.507 e. The van der Waals surface area contributed by atoms with E-state index in [0.29, 0.717) is 13.1 Å². The maximum Gasteiger partial charge on any atom is 0.242 e. The number of nitrogens with zero attached hydrogens (tertiary/aromatic N) is 2. The van der Waals surface area contributed by atoms with Crippen LogP contribution < -0.4 is 0 Å². The Bertz CT molecular complexity index is 586. The molecule has 0 bridgehead atoms. The van der Waals surface area contributed by atoms with Gasteiger partial charge in [-0.3, -0.25) is 14.5 Å². The molecule has 1 N–H and O–H groups in total. The Balaban J connectivity index is 2.19. The Morgan fingerprint density at radius 1 is 1.38 bits per heavy atom. The zero-order valence-corrected chi connectivity index (χ0v) is 12.4. The molecule has 1 aliphatic rings. The van der Waals surface area contributed by atoms with Crippen LogP contribution in [0, 0.1) is 5.82 Å². The molecule has 6 heteroatoms. The second kappa shape index (κ2) is 5.44. The summed E-state index contributed by atoms with van der Waals surface area (Å²) in [4.78, 5) is 27.8. The Kier molecular flexibility index (Phi) is 4.00. The number of phenolic OH excluding ortho intramolecular Hbond substituents is 1. The van der Waals surface area contributed by atoms with E-state index in [0.717, 1.165) is 18.2 Å². The van der Waals surface area contributed by atoms with Crippen LogP contribution in [-0.2, 0) is 4.79 Å². The maximum atomic E-state index is 13.2. The number of Topliss-reactive ketones (excluding diaryl/α,β-unsaturated/α-hetero) is 1. The molecule has 2 rings (SSSR count). The number of benzene rings is 1. The molecule has 1 heterocycles. The van der Waals surface area contributed by atoms with Crippen LogP contribution in [0.5, 0.6) is 5.75 Å². The van der Waals surface area contributed by atoms with Crippen molar-refractivity contribution in [2.24, 2.45) is 0 Å². The molecule has 114 valence electrons. The fraction of sp³-hybridized carbons (Fsp3) is 0.467. The van der Waals surface area contributed by atoms with Gasteiger partial charge in [0.1, 0.15) is 11.6 Å². The van der Waals surface area contributed by atoms with E-state index >= 15 is 0 Å². The van der Waals surface area contributed by atoms with Gasteiger partial charge in [-0.05, 0) is 32.0 Å². The van der Waals surface area contributed by atoms with Crippen molar-refractivity contribution in [2.45, 2.75) is 19.4 Å². The SMILES string of the molecule is CN1CCN(CC(=O)c2cc(F)ccc2O)C(C)(C)C1=O. The highest BCUT2D eigenvalue weighted by Gasteiger charge is 2.41. The summed E-state index contributed by atoms with van der Waals surface area (Å²) in [6, 6.07) is 3.26. The lowest BCUT2D eigenvalue weighted by molar-refractivity contribution is -0.146. The van der Waals surface area contributed by atoms with Crippen molar-refractivity contribution in [1.82, 2.24) is 9.80 Å². The number of likely N-dealkylation sites (N-methyl/N-ethyl adjacent to an activating group) is 1. The zero-order valence-electron chi connectivity index (χ0n) is 12.4. The van der Waals surface area contributed by atoms with E-state index in [1.54, 1.807) is 30.7 Å². The van der Waals surface area contributed by atoms with Crippen molar-refractivity contribution in [2.75, 3.05) is 26.7 Å². The molecule has 21 heavy (non-hydrogen) atoms. The van der Waals surface area contributed by atoms with Crippen molar-refractivity contribution in [3.8, 4) is 5.75 Å². The Morgan fingerprint density at radius 3 is 2.71 bits per heavy atom. The van der Waals surface area contributed by atoms with Crippen LogP contribution in [0.25, 0.3) is 0 Å². The van der Waals surface area contributed by atoms with Gasteiger partial charge in [0.15, 0.2) is 5.78 Å². The van der Waals surface area contributed by atoms with Gasteiger partial charge in [-0.2, -0.15) is 0 Å². The molecule has 0 aromatic heterocycles. The molecular weight excluding hydrogens is 275 g/mol. The lowest BCUT2D eigenvalue weighted by Gasteiger charge is -2.44. The quantitative estimate of drug-likeness (QED) is 0.853. The van der Waals surface area contributed by atoms with Crippen molar-refractivity contribution in [3.05, 3.63) is 29.6 Å². The Labute approximate surface area is 123 Å². The van der Waals surface area contributed by atoms with Gasteiger partial charge in [0.05, 0.1) is 17.6 Å². The molecule has 1 fully saturated rings. The summed E-state index contributed by atoms with van der Waals surface area (Å²) >= 11 is 0. The lowest BCUT2D eigenvalue weighted by Crippen LogP contribution is -2.62. The zero-order chi connectivity index (χ0) is 15.8. The smallest absolute Gasteiger partial charge is 0.242 e. The Hall–Kier alpha value is -1.95. The topological polar surface area (TPSA) is 60.9 Å². The van der Waals surface area contributed by atoms with Gasteiger partial charge in [0, 0.05) is 20.1 Å². The highest BCUT2D eigenvalue weighted by molar-refractivity contribution is 6.00. The summed E-state index contributed by atoms with van der Waals surface area (Å²) in [6.45, 7) is 4.55. The number of phenols is 1. The van der Waals surface area contributed by atoms with Crippen molar-refractivity contribution in [1.29, 1.82) is 0 Å². The minimum atomic E-state index is -0.800. The average molecular weight is 294 g/mol. The molecule has 0 spiro atoms. The van der Waals surface area contributed by atoms with Crippen LogP contribution in [0.2, 0.25) is 0 Å². The number of piperazine rings is 1. The van der Waals surface area contributed by atoms with Crippen molar-refractivity contribution >= 4 is 11.7 Å². The predicted octanol–water partition coefficient (Wildman–Crippen LogP) is 1.27. The first-order valence-electron chi connectivity index (χ1n) is 6.76. The average Bonchev–Trinajstić information content (AvgIpc) is 2.42. The van der Waals surface area contributed by atoms with Gasteiger partial charge in [-0.25, -0.2) is 4.39 Å². The Morgan fingerprint density at radius 2 is 2.05 bits per heavy atom. The molecule has 1 aliphatic heterocycles. The molecule has 0 saturated carbocycles. The number of ketones is 1. The minimum absolute atomic E-state index is 0.0381. The van der Waals surface area contributed by atoms with Crippen molar-refractivity contribution < 1.29 is 19.1 Å². The fourth-order valence-corrected chi connectivity index (χ4v) is 2.52. The van der Waals surface area contributed by atoms with E-state index in [9.17, 15) is 19.1 Å². The van der Waals surface area contributed by atoms with Crippen LogP contribution in [-0.4, -0.2) is 58.8 Å². The number of carbonyl (C=O) groups excluding carboxylic acids is 2. The summed E-state index contributed by atoms with van der Waals surface area (Å²) in [5.74, 6) is -1.30. The third-order valence-electron chi connectivity index (χ3n) is 3.96. The first kappa shape index (κ1) is 15.4. The monoisotopic (exact) mass is 294 g/mol. The maximum absolute atomic E-state index is 13.2. The lowest BCUT2D eigenvalue weighted by atomic mass is 9.96. The number of hydrogen-bond acceptors (Lipinski definition) is 4. The van der Waals surface area contributed by atoms with Crippen LogP contribution in [0.15, 0.2) is 18.2 Å². The van der Waals surface area contributed by atoms with Crippen LogP contribution in [0.1, 0.15) is 24.2 Å². The third kappa shape index (κ3) is 2.90. The highest BCUT2D eigenvalue weighted by atomic mass is 19.1. The van der Waals surface area contributed by atoms with Gasteiger partial charge >= 0.3 is 0 Å². The first-order valence-corrected chi connectivity index (χ1v) is 6.76. The normalized spacial score (nSPS) is 18.9. The summed E-state index contributed by atoms with van der Waals surface area (Å²) in [6.07, 6.45) is 0. The molecule has 1 amide bonds. The molecule has 0 aliphatic carbocycles. The van der Waals surface area contributed by atoms with E-state index < -0.39 is 17.1 Å². The molecule has 1 saturated heterocycles.